The number of hydrogen-bond donors (Lipinski definition) is 1. The average Bonchev–Trinajstić information content (AvgIpc) is 3.08. The van der Waals surface area contributed by atoms with Gasteiger partial charge in [-0.1, -0.05) is 26.0 Å². The Bertz CT molecular complexity index is 1050. The van der Waals surface area contributed by atoms with Gasteiger partial charge in [0.25, 0.3) is 11.8 Å². The van der Waals surface area contributed by atoms with Gasteiger partial charge in [0.1, 0.15) is 17.3 Å². The number of carbonyl (C=O) groups excluding carboxylic acids is 2. The van der Waals surface area contributed by atoms with Crippen LogP contribution in [-0.2, 0) is 9.59 Å². The Labute approximate surface area is 193 Å². The third-order valence-corrected chi connectivity index (χ3v) is 5.96. The summed E-state index contributed by atoms with van der Waals surface area (Å²) >= 11 is 0. The quantitative estimate of drug-likeness (QED) is 0.647. The van der Waals surface area contributed by atoms with E-state index in [9.17, 15) is 19.1 Å². The monoisotopic (exact) mass is 452 g/mol. The number of carbonyl (C=O) groups is 2. The Morgan fingerprint density at radius 3 is 2.39 bits per heavy atom. The molecule has 174 valence electrons. The molecule has 2 heterocycles. The van der Waals surface area contributed by atoms with Gasteiger partial charge in [-0.15, -0.1) is 0 Å². The Kier molecular flexibility index (Phi) is 6.79. The molecule has 1 unspecified atom stereocenters. The van der Waals surface area contributed by atoms with Gasteiger partial charge in [-0.05, 0) is 66.6 Å². The lowest BCUT2D eigenvalue weighted by Gasteiger charge is -2.34. The van der Waals surface area contributed by atoms with Gasteiger partial charge in [-0.25, -0.2) is 9.29 Å². The van der Waals surface area contributed by atoms with Gasteiger partial charge in [-0.2, -0.15) is 0 Å². The molecule has 0 spiro atoms. The fourth-order valence-electron chi connectivity index (χ4n) is 4.29. The second-order valence-corrected chi connectivity index (χ2v) is 9.01. The number of imide groups is 1. The SMILES string of the molecule is CC(C)COc1ccc(C2=C(N3CCCC(CO)C3)C(=O)N(c3ccc(F)cc3)C2=O)cc1. The minimum absolute atomic E-state index is 0.0326. The molecular weight excluding hydrogens is 423 g/mol. The first-order valence-corrected chi connectivity index (χ1v) is 11.4. The molecular formula is C26H29FN2O4. The highest BCUT2D eigenvalue weighted by Crippen LogP contribution is 2.37. The topological polar surface area (TPSA) is 70.1 Å². The van der Waals surface area contributed by atoms with E-state index >= 15 is 0 Å². The van der Waals surface area contributed by atoms with E-state index in [4.69, 9.17) is 4.74 Å². The average molecular weight is 453 g/mol. The predicted octanol–water partition coefficient (Wildman–Crippen LogP) is 3.85. The summed E-state index contributed by atoms with van der Waals surface area (Å²) in [6, 6.07) is 12.5. The molecule has 7 heteroatoms. The van der Waals surface area contributed by atoms with Crippen LogP contribution in [0.15, 0.2) is 54.2 Å². The second-order valence-electron chi connectivity index (χ2n) is 9.01. The lowest BCUT2D eigenvalue weighted by atomic mass is 9.97. The lowest BCUT2D eigenvalue weighted by molar-refractivity contribution is -0.120. The summed E-state index contributed by atoms with van der Waals surface area (Å²) in [4.78, 5) is 30.1. The maximum Gasteiger partial charge on any atom is 0.282 e. The smallest absolute Gasteiger partial charge is 0.282 e. The summed E-state index contributed by atoms with van der Waals surface area (Å²) in [7, 11) is 0. The van der Waals surface area contributed by atoms with Crippen LogP contribution in [0, 0.1) is 17.7 Å². The molecule has 33 heavy (non-hydrogen) atoms. The fraction of sp³-hybridized carbons (Fsp3) is 0.385. The number of nitrogens with zero attached hydrogens (tertiary/aromatic N) is 2. The number of anilines is 1. The summed E-state index contributed by atoms with van der Waals surface area (Å²) < 4.78 is 19.2. The molecule has 2 aliphatic heterocycles. The van der Waals surface area contributed by atoms with Crippen LogP contribution < -0.4 is 9.64 Å². The fourth-order valence-corrected chi connectivity index (χ4v) is 4.29. The zero-order valence-electron chi connectivity index (χ0n) is 19.0. The zero-order chi connectivity index (χ0) is 23.5. The van der Waals surface area contributed by atoms with Crippen LogP contribution in [0.4, 0.5) is 10.1 Å². The first kappa shape index (κ1) is 23.0. The van der Waals surface area contributed by atoms with E-state index in [-0.39, 0.29) is 12.5 Å². The van der Waals surface area contributed by atoms with Gasteiger partial charge in [0, 0.05) is 19.7 Å². The summed E-state index contributed by atoms with van der Waals surface area (Å²) in [5, 5.41) is 9.67. The van der Waals surface area contributed by atoms with Gasteiger partial charge >= 0.3 is 0 Å². The molecule has 6 nitrogen and oxygen atoms in total. The lowest BCUT2D eigenvalue weighted by Crippen LogP contribution is -2.40. The Morgan fingerprint density at radius 2 is 1.76 bits per heavy atom. The van der Waals surface area contributed by atoms with Crippen LogP contribution in [0.2, 0.25) is 0 Å². The van der Waals surface area contributed by atoms with Crippen molar-refractivity contribution in [2.24, 2.45) is 11.8 Å². The molecule has 0 bridgehead atoms. The number of benzene rings is 2. The largest absolute Gasteiger partial charge is 0.493 e. The third-order valence-electron chi connectivity index (χ3n) is 5.96. The molecule has 0 saturated carbocycles. The van der Waals surface area contributed by atoms with Gasteiger partial charge in [0.2, 0.25) is 0 Å². The molecule has 1 atom stereocenters. The molecule has 2 amide bonds. The number of amides is 2. The van der Waals surface area contributed by atoms with Crippen LogP contribution >= 0.6 is 0 Å². The van der Waals surface area contributed by atoms with Crippen molar-refractivity contribution in [3.05, 3.63) is 65.6 Å². The Morgan fingerprint density at radius 1 is 1.06 bits per heavy atom. The van der Waals surface area contributed by atoms with Gasteiger partial charge in [0.05, 0.1) is 17.9 Å². The molecule has 1 fully saturated rings. The highest BCUT2D eigenvalue weighted by Gasteiger charge is 2.43. The molecule has 0 aliphatic carbocycles. The summed E-state index contributed by atoms with van der Waals surface area (Å²) in [6.45, 7) is 5.87. The predicted molar refractivity (Wildman–Crippen MR) is 124 cm³/mol. The number of piperidine rings is 1. The van der Waals surface area contributed by atoms with E-state index in [2.05, 4.69) is 13.8 Å². The number of aliphatic hydroxyl groups is 1. The van der Waals surface area contributed by atoms with Crippen molar-refractivity contribution in [1.82, 2.24) is 4.90 Å². The molecule has 2 aromatic rings. The molecule has 4 rings (SSSR count). The van der Waals surface area contributed by atoms with Gasteiger partial charge < -0.3 is 14.7 Å². The standard InChI is InChI=1S/C26H29FN2O4/c1-17(2)16-33-22-11-5-19(6-12-22)23-24(28-13-3-4-18(14-28)15-30)26(32)29(25(23)31)21-9-7-20(27)8-10-21/h5-12,17-18,30H,3-4,13-16H2,1-2H3. The van der Waals surface area contributed by atoms with Gasteiger partial charge in [0.15, 0.2) is 0 Å². The minimum atomic E-state index is -0.441. The zero-order valence-corrected chi connectivity index (χ0v) is 19.0. The molecule has 2 aromatic carbocycles. The van der Waals surface area contributed by atoms with Crippen molar-refractivity contribution in [2.75, 3.05) is 31.2 Å². The van der Waals surface area contributed by atoms with Crippen LogP contribution in [0.3, 0.4) is 0 Å². The number of ether oxygens (including phenoxy) is 1. The van der Waals surface area contributed by atoms with Crippen molar-refractivity contribution in [2.45, 2.75) is 26.7 Å². The number of likely N-dealkylation sites (tertiary alicyclic amines) is 1. The van der Waals surface area contributed by atoms with Crippen LogP contribution in [0.25, 0.3) is 5.57 Å². The maximum atomic E-state index is 13.6. The number of hydrogen-bond acceptors (Lipinski definition) is 5. The molecule has 0 aromatic heterocycles. The van der Waals surface area contributed by atoms with Crippen LogP contribution in [-0.4, -0.2) is 48.1 Å². The molecule has 2 aliphatic rings. The van der Waals surface area contributed by atoms with Crippen molar-refractivity contribution < 1.29 is 23.8 Å². The summed E-state index contributed by atoms with van der Waals surface area (Å²) in [5.74, 6) is -0.188. The first-order chi connectivity index (χ1) is 15.9. The van der Waals surface area contributed by atoms with E-state index in [0.29, 0.717) is 53.9 Å². The maximum absolute atomic E-state index is 13.6. The van der Waals surface area contributed by atoms with E-state index in [1.165, 1.54) is 24.3 Å². The molecule has 1 N–H and O–H groups in total. The molecule has 0 radical (unpaired) electrons. The van der Waals surface area contributed by atoms with E-state index in [1.54, 1.807) is 24.3 Å². The van der Waals surface area contributed by atoms with Crippen molar-refractivity contribution in [3.8, 4) is 5.75 Å². The third kappa shape index (κ3) is 4.78. The van der Waals surface area contributed by atoms with Crippen molar-refractivity contribution in [3.63, 3.8) is 0 Å². The van der Waals surface area contributed by atoms with E-state index in [0.717, 1.165) is 17.7 Å². The normalized spacial score (nSPS) is 19.1. The number of halogens is 1. The van der Waals surface area contributed by atoms with E-state index in [1.807, 2.05) is 4.90 Å². The molecule has 1 saturated heterocycles. The van der Waals surface area contributed by atoms with E-state index < -0.39 is 17.6 Å². The van der Waals surface area contributed by atoms with Crippen LogP contribution in [0.5, 0.6) is 5.75 Å². The Hall–Kier alpha value is -3.19. The van der Waals surface area contributed by atoms with Crippen LogP contribution in [0.1, 0.15) is 32.3 Å². The second kappa shape index (κ2) is 9.75. The highest BCUT2D eigenvalue weighted by atomic mass is 19.1. The van der Waals surface area contributed by atoms with Gasteiger partial charge in [-0.3, -0.25) is 9.59 Å². The highest BCUT2D eigenvalue weighted by molar-refractivity contribution is 6.45. The number of aliphatic hydroxyl groups excluding tert-OH is 1. The minimum Gasteiger partial charge on any atom is -0.493 e. The summed E-state index contributed by atoms with van der Waals surface area (Å²) in [6.07, 6.45) is 1.70. The van der Waals surface area contributed by atoms with Crippen molar-refractivity contribution >= 4 is 23.1 Å². The Balaban J connectivity index is 1.73. The summed E-state index contributed by atoms with van der Waals surface area (Å²) in [5.41, 5.74) is 1.60. The van der Waals surface area contributed by atoms with Crippen molar-refractivity contribution in [1.29, 1.82) is 0 Å². The number of rotatable bonds is 7. The first-order valence-electron chi connectivity index (χ1n) is 11.4.